The van der Waals surface area contributed by atoms with E-state index in [2.05, 4.69) is 13.2 Å². The first-order valence-corrected chi connectivity index (χ1v) is 4.21. The SMILES string of the molecule is C=C/C=C1\CC(=C)C(=O)CCC1=O. The highest BCUT2D eigenvalue weighted by atomic mass is 16.1. The lowest BCUT2D eigenvalue weighted by atomic mass is 10.0. The first-order valence-electron chi connectivity index (χ1n) is 4.21. The monoisotopic (exact) mass is 176 g/mol. The van der Waals surface area contributed by atoms with Crippen LogP contribution >= 0.6 is 0 Å². The van der Waals surface area contributed by atoms with E-state index in [4.69, 9.17) is 0 Å². The van der Waals surface area contributed by atoms with E-state index in [1.54, 1.807) is 12.2 Å². The van der Waals surface area contributed by atoms with Crippen LogP contribution in [0.15, 0.2) is 36.5 Å². The summed E-state index contributed by atoms with van der Waals surface area (Å²) in [5.41, 5.74) is 1.17. The van der Waals surface area contributed by atoms with E-state index in [9.17, 15) is 9.59 Å². The number of hydrogen-bond donors (Lipinski definition) is 0. The minimum Gasteiger partial charge on any atom is -0.295 e. The number of hydrogen-bond acceptors (Lipinski definition) is 2. The van der Waals surface area contributed by atoms with Crippen molar-refractivity contribution in [2.24, 2.45) is 0 Å². The first-order chi connectivity index (χ1) is 6.15. The number of rotatable bonds is 1. The van der Waals surface area contributed by atoms with Crippen LogP contribution in [0.4, 0.5) is 0 Å². The molecule has 1 fully saturated rings. The fourth-order valence-corrected chi connectivity index (χ4v) is 1.29. The lowest BCUT2D eigenvalue weighted by molar-refractivity contribution is -0.119. The highest BCUT2D eigenvalue weighted by molar-refractivity contribution is 6.06. The van der Waals surface area contributed by atoms with Crippen molar-refractivity contribution in [3.05, 3.63) is 36.5 Å². The third-order valence-electron chi connectivity index (χ3n) is 2.05. The van der Waals surface area contributed by atoms with Crippen LogP contribution in [0.25, 0.3) is 0 Å². The standard InChI is InChI=1S/C11H12O2/c1-3-4-9-7-8(2)10(12)5-6-11(9)13/h3-4H,1-2,5-7H2/b9-4+. The second-order valence-corrected chi connectivity index (χ2v) is 3.05. The predicted octanol–water partition coefficient (Wildman–Crippen LogP) is 1.98. The average Bonchev–Trinajstić information content (AvgIpc) is 2.21. The molecule has 1 aliphatic carbocycles. The molecule has 0 amide bonds. The molecule has 68 valence electrons. The second kappa shape index (κ2) is 3.99. The van der Waals surface area contributed by atoms with E-state index in [1.807, 2.05) is 0 Å². The summed E-state index contributed by atoms with van der Waals surface area (Å²) in [6, 6.07) is 0. The van der Waals surface area contributed by atoms with Gasteiger partial charge < -0.3 is 0 Å². The zero-order valence-electron chi connectivity index (χ0n) is 7.51. The van der Waals surface area contributed by atoms with Crippen LogP contribution in [0.5, 0.6) is 0 Å². The Bertz CT molecular complexity index is 308. The van der Waals surface area contributed by atoms with Gasteiger partial charge in [0.1, 0.15) is 0 Å². The second-order valence-electron chi connectivity index (χ2n) is 3.05. The van der Waals surface area contributed by atoms with Crippen LogP contribution in [-0.4, -0.2) is 11.6 Å². The van der Waals surface area contributed by atoms with Crippen molar-refractivity contribution in [3.8, 4) is 0 Å². The van der Waals surface area contributed by atoms with Crippen LogP contribution in [0.1, 0.15) is 19.3 Å². The molecule has 0 aromatic carbocycles. The lowest BCUT2D eigenvalue weighted by Crippen LogP contribution is -1.98. The molecule has 0 spiro atoms. The summed E-state index contributed by atoms with van der Waals surface area (Å²) < 4.78 is 0. The molecule has 0 aromatic rings. The molecule has 13 heavy (non-hydrogen) atoms. The molecule has 1 aliphatic rings. The van der Waals surface area contributed by atoms with Crippen LogP contribution in [0.2, 0.25) is 0 Å². The van der Waals surface area contributed by atoms with E-state index in [-0.39, 0.29) is 11.6 Å². The summed E-state index contributed by atoms with van der Waals surface area (Å²) in [5, 5.41) is 0. The molecule has 1 saturated carbocycles. The Morgan fingerprint density at radius 1 is 1.15 bits per heavy atom. The Hall–Kier alpha value is -1.44. The lowest BCUT2D eigenvalue weighted by Gasteiger charge is -1.99. The maximum absolute atomic E-state index is 11.4. The Balaban J connectivity index is 2.92. The molecule has 2 nitrogen and oxygen atoms in total. The molecule has 0 N–H and O–H groups in total. The van der Waals surface area contributed by atoms with E-state index >= 15 is 0 Å². The minimum absolute atomic E-state index is 0.000752. The molecule has 0 radical (unpaired) electrons. The largest absolute Gasteiger partial charge is 0.295 e. The van der Waals surface area contributed by atoms with Crippen LogP contribution in [0.3, 0.4) is 0 Å². The van der Waals surface area contributed by atoms with Gasteiger partial charge in [0.25, 0.3) is 0 Å². The van der Waals surface area contributed by atoms with Crippen molar-refractivity contribution in [2.75, 3.05) is 0 Å². The maximum Gasteiger partial charge on any atom is 0.159 e. The Morgan fingerprint density at radius 3 is 2.38 bits per heavy atom. The molecule has 0 heterocycles. The smallest absolute Gasteiger partial charge is 0.159 e. The Morgan fingerprint density at radius 2 is 1.77 bits per heavy atom. The van der Waals surface area contributed by atoms with Gasteiger partial charge in [-0.2, -0.15) is 0 Å². The van der Waals surface area contributed by atoms with Crippen molar-refractivity contribution in [3.63, 3.8) is 0 Å². The number of Topliss-reactive ketones (excluding diaryl/α,β-unsaturated/α-hetero) is 2. The molecule has 0 bridgehead atoms. The van der Waals surface area contributed by atoms with Gasteiger partial charge in [-0.05, 0) is 11.1 Å². The average molecular weight is 176 g/mol. The summed E-state index contributed by atoms with van der Waals surface area (Å²) in [4.78, 5) is 22.6. The summed E-state index contributed by atoms with van der Waals surface area (Å²) in [6.07, 6.45) is 4.20. The quantitative estimate of drug-likeness (QED) is 0.452. The van der Waals surface area contributed by atoms with E-state index in [0.29, 0.717) is 30.4 Å². The van der Waals surface area contributed by atoms with Crippen molar-refractivity contribution < 1.29 is 9.59 Å². The van der Waals surface area contributed by atoms with E-state index in [0.717, 1.165) is 0 Å². The molecular formula is C11H12O2. The highest BCUT2D eigenvalue weighted by Crippen LogP contribution is 2.20. The normalized spacial score (nSPS) is 21.8. The summed E-state index contributed by atoms with van der Waals surface area (Å²) >= 11 is 0. The molecule has 0 aliphatic heterocycles. The van der Waals surface area contributed by atoms with Crippen molar-refractivity contribution >= 4 is 11.6 Å². The van der Waals surface area contributed by atoms with Gasteiger partial charge in [-0.15, -0.1) is 0 Å². The van der Waals surface area contributed by atoms with Crippen molar-refractivity contribution in [1.29, 1.82) is 0 Å². The molecule has 0 atom stereocenters. The molecule has 0 saturated heterocycles. The van der Waals surface area contributed by atoms with E-state index in [1.165, 1.54) is 0 Å². The van der Waals surface area contributed by atoms with Gasteiger partial charge in [0.15, 0.2) is 11.6 Å². The third kappa shape index (κ3) is 2.25. The van der Waals surface area contributed by atoms with Gasteiger partial charge in [0, 0.05) is 19.3 Å². The summed E-state index contributed by atoms with van der Waals surface area (Å²) in [7, 11) is 0. The number of carbonyl (C=O) groups is 2. The zero-order valence-corrected chi connectivity index (χ0v) is 7.51. The fourth-order valence-electron chi connectivity index (χ4n) is 1.29. The zero-order chi connectivity index (χ0) is 9.84. The highest BCUT2D eigenvalue weighted by Gasteiger charge is 2.20. The van der Waals surface area contributed by atoms with Gasteiger partial charge in [0.2, 0.25) is 0 Å². The molecule has 0 aromatic heterocycles. The van der Waals surface area contributed by atoms with Crippen molar-refractivity contribution in [1.82, 2.24) is 0 Å². The first kappa shape index (κ1) is 9.65. The third-order valence-corrected chi connectivity index (χ3v) is 2.05. The predicted molar refractivity (Wildman–Crippen MR) is 51.3 cm³/mol. The number of allylic oxidation sites excluding steroid dienone is 4. The number of carbonyl (C=O) groups excluding carboxylic acids is 2. The van der Waals surface area contributed by atoms with Crippen LogP contribution < -0.4 is 0 Å². The maximum atomic E-state index is 11.4. The Kier molecular flexibility index (Phi) is 2.96. The van der Waals surface area contributed by atoms with Gasteiger partial charge in [0.05, 0.1) is 0 Å². The van der Waals surface area contributed by atoms with Crippen molar-refractivity contribution in [2.45, 2.75) is 19.3 Å². The van der Waals surface area contributed by atoms with Crippen LogP contribution in [-0.2, 0) is 9.59 Å². The number of ketones is 2. The van der Waals surface area contributed by atoms with E-state index < -0.39 is 0 Å². The van der Waals surface area contributed by atoms with Crippen LogP contribution in [0, 0.1) is 0 Å². The summed E-state index contributed by atoms with van der Waals surface area (Å²) in [6.45, 7) is 7.17. The molecular weight excluding hydrogens is 164 g/mol. The summed E-state index contributed by atoms with van der Waals surface area (Å²) in [5.74, 6) is 0.0349. The minimum atomic E-state index is 0.000752. The molecule has 0 unspecified atom stereocenters. The molecule has 2 heteroatoms. The molecule has 1 rings (SSSR count). The Labute approximate surface area is 77.6 Å². The van der Waals surface area contributed by atoms with Gasteiger partial charge in [-0.25, -0.2) is 0 Å². The topological polar surface area (TPSA) is 34.1 Å². The van der Waals surface area contributed by atoms with Gasteiger partial charge in [-0.3, -0.25) is 9.59 Å². The fraction of sp³-hybridized carbons (Fsp3) is 0.273. The van der Waals surface area contributed by atoms with Gasteiger partial charge >= 0.3 is 0 Å². The van der Waals surface area contributed by atoms with Gasteiger partial charge in [-0.1, -0.05) is 25.3 Å².